The number of hydrogen-bond donors (Lipinski definition) is 0. The van der Waals surface area contributed by atoms with Crippen LogP contribution in [-0.4, -0.2) is 24.2 Å². The maximum Gasteiger partial charge on any atom is 0.235 e. The number of isocyanates is 2. The van der Waals surface area contributed by atoms with Crippen LogP contribution in [0.5, 0.6) is 0 Å². The molecule has 3 fully saturated rings. The van der Waals surface area contributed by atoms with Gasteiger partial charge in [-0.25, -0.2) is 19.6 Å². The fourth-order valence-electron chi connectivity index (χ4n) is 4.58. The van der Waals surface area contributed by atoms with Gasteiger partial charge in [0.2, 0.25) is 12.2 Å². The highest BCUT2D eigenvalue weighted by molar-refractivity contribution is 5.34. The van der Waals surface area contributed by atoms with Crippen LogP contribution in [0.1, 0.15) is 52.4 Å². The van der Waals surface area contributed by atoms with Gasteiger partial charge < -0.3 is 0 Å². The Bertz CT molecular complexity index is 384. The summed E-state index contributed by atoms with van der Waals surface area (Å²) in [6.07, 6.45) is 10.0. The molecule has 0 saturated heterocycles. The van der Waals surface area contributed by atoms with Crippen LogP contribution in [0, 0.1) is 23.7 Å². The average Bonchev–Trinajstić information content (AvgIpc) is 2.50. The van der Waals surface area contributed by atoms with Gasteiger partial charge in [-0.15, -0.1) is 0 Å². The third-order valence-electron chi connectivity index (χ3n) is 5.53. The molecule has 0 aromatic carbocycles. The Morgan fingerprint density at radius 1 is 0.900 bits per heavy atom. The van der Waals surface area contributed by atoms with E-state index in [2.05, 4.69) is 23.8 Å². The normalized spacial score (nSPS) is 34.7. The third kappa shape index (κ3) is 2.92. The number of carbonyl (C=O) groups excluding carboxylic acids is 2. The molecule has 0 N–H and O–H groups in total. The third-order valence-corrected chi connectivity index (χ3v) is 5.53. The summed E-state index contributed by atoms with van der Waals surface area (Å²) < 4.78 is 0. The van der Waals surface area contributed by atoms with Gasteiger partial charge in [-0.05, 0) is 62.2 Å². The van der Waals surface area contributed by atoms with Crippen molar-refractivity contribution in [2.45, 2.75) is 64.5 Å². The Hall–Kier alpha value is -1.24. The highest BCUT2D eigenvalue weighted by atomic mass is 16.1. The molecule has 0 radical (unpaired) electrons. The van der Waals surface area contributed by atoms with Gasteiger partial charge >= 0.3 is 0 Å². The molecule has 3 aliphatic rings. The molecule has 110 valence electrons. The van der Waals surface area contributed by atoms with Crippen molar-refractivity contribution in [3.63, 3.8) is 0 Å². The predicted molar refractivity (Wildman–Crippen MR) is 76.8 cm³/mol. The van der Waals surface area contributed by atoms with Crippen LogP contribution in [0.25, 0.3) is 0 Å². The highest BCUT2D eigenvalue weighted by Gasteiger charge is 2.46. The Kier molecular flexibility index (Phi) is 5.28. The van der Waals surface area contributed by atoms with Gasteiger partial charge in [-0.2, -0.15) is 0 Å². The van der Waals surface area contributed by atoms with E-state index in [9.17, 15) is 9.59 Å². The molecule has 0 amide bonds. The molecule has 0 heterocycles. The minimum atomic E-state index is 0.135. The molecule has 0 aromatic heterocycles. The van der Waals surface area contributed by atoms with Crippen molar-refractivity contribution in [3.8, 4) is 0 Å². The number of nitrogens with zero attached hydrogens (tertiary/aromatic N) is 2. The fraction of sp³-hybridized carbons (Fsp3) is 0.875. The molecular formula is C16H24N2O2. The molecule has 4 nitrogen and oxygen atoms in total. The number of aliphatic imine (C=N–C) groups is 2. The van der Waals surface area contributed by atoms with Crippen molar-refractivity contribution < 1.29 is 9.59 Å². The molecule has 0 aliphatic heterocycles. The van der Waals surface area contributed by atoms with Crippen molar-refractivity contribution in [1.29, 1.82) is 0 Å². The van der Waals surface area contributed by atoms with E-state index in [1.807, 2.05) is 0 Å². The SMILES string of the molecule is CCC(N=C=O)C1CC2CCC1CC2C(CC)N=C=O. The Morgan fingerprint density at radius 3 is 1.55 bits per heavy atom. The van der Waals surface area contributed by atoms with Gasteiger partial charge in [0.15, 0.2) is 0 Å². The van der Waals surface area contributed by atoms with E-state index < -0.39 is 0 Å². The molecular weight excluding hydrogens is 252 g/mol. The lowest BCUT2D eigenvalue weighted by atomic mass is 9.56. The Balaban J connectivity index is 2.11. The topological polar surface area (TPSA) is 58.9 Å². The van der Waals surface area contributed by atoms with Gasteiger partial charge in [0, 0.05) is 0 Å². The first-order chi connectivity index (χ1) is 9.74. The molecule has 2 bridgehead atoms. The van der Waals surface area contributed by atoms with Crippen molar-refractivity contribution in [3.05, 3.63) is 0 Å². The van der Waals surface area contributed by atoms with E-state index in [1.54, 1.807) is 12.2 Å². The lowest BCUT2D eigenvalue weighted by Gasteiger charge is -2.50. The number of rotatable bonds is 6. The zero-order valence-corrected chi connectivity index (χ0v) is 12.4. The second-order valence-corrected chi connectivity index (χ2v) is 6.29. The molecule has 0 aromatic rings. The van der Waals surface area contributed by atoms with Crippen LogP contribution in [0.2, 0.25) is 0 Å². The largest absolute Gasteiger partial charge is 0.235 e. The molecule has 3 rings (SSSR count). The minimum absolute atomic E-state index is 0.135. The molecule has 4 heteroatoms. The molecule has 6 unspecified atom stereocenters. The van der Waals surface area contributed by atoms with Gasteiger partial charge in [0.1, 0.15) is 0 Å². The summed E-state index contributed by atoms with van der Waals surface area (Å²) in [5.74, 6) is 2.30. The Morgan fingerprint density at radius 2 is 1.30 bits per heavy atom. The van der Waals surface area contributed by atoms with E-state index in [1.165, 1.54) is 12.8 Å². The van der Waals surface area contributed by atoms with Crippen LogP contribution >= 0.6 is 0 Å². The zero-order chi connectivity index (χ0) is 14.5. The number of fused-ring (bicyclic) bond motifs is 3. The first-order valence-electron chi connectivity index (χ1n) is 7.89. The molecule has 6 atom stereocenters. The van der Waals surface area contributed by atoms with Crippen molar-refractivity contribution >= 4 is 12.2 Å². The van der Waals surface area contributed by atoms with Gasteiger partial charge in [0.25, 0.3) is 0 Å². The van der Waals surface area contributed by atoms with Crippen LogP contribution in [0.4, 0.5) is 0 Å². The van der Waals surface area contributed by atoms with Gasteiger partial charge in [-0.1, -0.05) is 13.8 Å². The second kappa shape index (κ2) is 6.97. The highest BCUT2D eigenvalue weighted by Crippen LogP contribution is 2.52. The van der Waals surface area contributed by atoms with Gasteiger partial charge in [-0.3, -0.25) is 0 Å². The lowest BCUT2D eigenvalue weighted by molar-refractivity contribution is 0.0161. The summed E-state index contributed by atoms with van der Waals surface area (Å²) >= 11 is 0. The Labute approximate surface area is 120 Å². The van der Waals surface area contributed by atoms with Crippen molar-refractivity contribution in [1.82, 2.24) is 0 Å². The average molecular weight is 276 g/mol. The number of hydrogen-bond acceptors (Lipinski definition) is 4. The van der Waals surface area contributed by atoms with Gasteiger partial charge in [0.05, 0.1) is 12.1 Å². The molecule has 20 heavy (non-hydrogen) atoms. The van der Waals surface area contributed by atoms with E-state index in [-0.39, 0.29) is 12.1 Å². The quantitative estimate of drug-likeness (QED) is 0.552. The maximum absolute atomic E-state index is 10.6. The van der Waals surface area contributed by atoms with Crippen LogP contribution < -0.4 is 0 Å². The molecule has 0 spiro atoms. The molecule has 3 saturated carbocycles. The van der Waals surface area contributed by atoms with E-state index in [4.69, 9.17) is 0 Å². The fourth-order valence-corrected chi connectivity index (χ4v) is 4.58. The first-order valence-corrected chi connectivity index (χ1v) is 7.89. The monoisotopic (exact) mass is 276 g/mol. The summed E-state index contributed by atoms with van der Waals surface area (Å²) in [5, 5.41) is 0. The standard InChI is InChI=1S/C16H24N2O2/c1-3-15(17-9-19)13-7-12-6-5-11(13)8-14(12)16(4-2)18-10-20/h11-16H,3-8H2,1-2H3. The minimum Gasteiger partial charge on any atom is -0.211 e. The van der Waals surface area contributed by atoms with Crippen molar-refractivity contribution in [2.24, 2.45) is 33.7 Å². The summed E-state index contributed by atoms with van der Waals surface area (Å²) in [6.45, 7) is 4.19. The van der Waals surface area contributed by atoms with Crippen LogP contribution in [0.15, 0.2) is 9.98 Å². The molecule has 3 aliphatic carbocycles. The second-order valence-electron chi connectivity index (χ2n) is 6.29. The zero-order valence-electron chi connectivity index (χ0n) is 12.4. The van der Waals surface area contributed by atoms with Crippen molar-refractivity contribution in [2.75, 3.05) is 0 Å². The summed E-state index contributed by atoms with van der Waals surface area (Å²) in [5.41, 5.74) is 0. The maximum atomic E-state index is 10.6. The summed E-state index contributed by atoms with van der Waals surface area (Å²) in [6, 6.07) is 0.270. The summed E-state index contributed by atoms with van der Waals surface area (Å²) in [7, 11) is 0. The van der Waals surface area contributed by atoms with Crippen LogP contribution in [-0.2, 0) is 9.59 Å². The smallest absolute Gasteiger partial charge is 0.211 e. The van der Waals surface area contributed by atoms with E-state index in [0.717, 1.165) is 25.7 Å². The lowest BCUT2D eigenvalue weighted by Crippen LogP contribution is -2.45. The predicted octanol–water partition coefficient (Wildman–Crippen LogP) is 3.27. The van der Waals surface area contributed by atoms with E-state index >= 15 is 0 Å². The van der Waals surface area contributed by atoms with E-state index in [0.29, 0.717) is 23.7 Å². The summed E-state index contributed by atoms with van der Waals surface area (Å²) in [4.78, 5) is 29.2. The first kappa shape index (κ1) is 15.2. The van der Waals surface area contributed by atoms with Crippen LogP contribution in [0.3, 0.4) is 0 Å².